The molecule has 0 saturated heterocycles. The van der Waals surface area contributed by atoms with Crippen LogP contribution in [0.2, 0.25) is 0 Å². The normalized spacial score (nSPS) is 12.0. The van der Waals surface area contributed by atoms with Gasteiger partial charge >= 0.3 is 11.8 Å². The zero-order valence-electron chi connectivity index (χ0n) is 15.0. The van der Waals surface area contributed by atoms with E-state index in [1.54, 1.807) is 13.1 Å². The van der Waals surface area contributed by atoms with Gasteiger partial charge in [-0.1, -0.05) is 24.3 Å². The number of amides is 2. The lowest BCUT2D eigenvalue weighted by molar-refractivity contribution is -0.136. The van der Waals surface area contributed by atoms with Gasteiger partial charge in [0, 0.05) is 41.9 Å². The molecule has 0 unspecified atom stereocenters. The summed E-state index contributed by atoms with van der Waals surface area (Å²) >= 11 is 0. The molecule has 0 aliphatic heterocycles. The first kappa shape index (κ1) is 18.6. The van der Waals surface area contributed by atoms with E-state index in [1.807, 2.05) is 35.9 Å². The lowest BCUT2D eigenvalue weighted by Crippen LogP contribution is -2.37. The summed E-state index contributed by atoms with van der Waals surface area (Å²) in [6.07, 6.45) is 0.820. The maximum atomic E-state index is 13.5. The third-order valence-electron chi connectivity index (χ3n) is 4.38. The van der Waals surface area contributed by atoms with Crippen molar-refractivity contribution in [1.29, 1.82) is 0 Å². The van der Waals surface area contributed by atoms with Crippen LogP contribution >= 0.6 is 0 Å². The third kappa shape index (κ3) is 3.98. The Morgan fingerprint density at radius 2 is 1.93 bits per heavy atom. The highest BCUT2D eigenvalue weighted by Gasteiger charge is 2.19. The van der Waals surface area contributed by atoms with E-state index >= 15 is 0 Å². The summed E-state index contributed by atoms with van der Waals surface area (Å²) in [5.41, 5.74) is 2.25. The van der Waals surface area contributed by atoms with E-state index in [4.69, 9.17) is 0 Å². The second-order valence-electron chi connectivity index (χ2n) is 6.36. The molecular weight excluding hydrogens is 349 g/mol. The van der Waals surface area contributed by atoms with Gasteiger partial charge in [0.15, 0.2) is 0 Å². The Hall–Kier alpha value is -3.19. The van der Waals surface area contributed by atoms with Gasteiger partial charge in [0.2, 0.25) is 0 Å². The standard InChI is InChI=1S/C20H20FN3O3/c1-12-7-8-13(9-16(12)21)23-20(27)19(26)22-10-18(25)15-11-24(2)17-6-4-3-5-14(15)17/h3-9,11,18,25H,10H2,1-2H3,(H,22,26)(H,23,27)/t18-/m1/s1. The molecule has 0 aliphatic rings. The minimum Gasteiger partial charge on any atom is -0.386 e. The third-order valence-corrected chi connectivity index (χ3v) is 4.38. The number of aliphatic hydroxyl groups is 1. The number of nitrogens with zero attached hydrogens (tertiary/aromatic N) is 1. The van der Waals surface area contributed by atoms with Crippen molar-refractivity contribution in [1.82, 2.24) is 9.88 Å². The number of hydrogen-bond acceptors (Lipinski definition) is 3. The molecule has 3 rings (SSSR count). The first-order valence-electron chi connectivity index (χ1n) is 8.44. The van der Waals surface area contributed by atoms with E-state index in [-0.39, 0.29) is 12.2 Å². The highest BCUT2D eigenvalue weighted by Crippen LogP contribution is 2.25. The van der Waals surface area contributed by atoms with E-state index in [1.165, 1.54) is 12.1 Å². The molecule has 2 aromatic carbocycles. The molecule has 140 valence electrons. The number of carbonyl (C=O) groups excluding carboxylic acids is 2. The molecule has 0 fully saturated rings. The van der Waals surface area contributed by atoms with Gasteiger partial charge < -0.3 is 20.3 Å². The van der Waals surface area contributed by atoms with Crippen LogP contribution in [0.5, 0.6) is 0 Å². The van der Waals surface area contributed by atoms with E-state index in [2.05, 4.69) is 10.6 Å². The summed E-state index contributed by atoms with van der Waals surface area (Å²) < 4.78 is 15.4. The van der Waals surface area contributed by atoms with Gasteiger partial charge in [0.05, 0.1) is 6.10 Å². The molecule has 1 heterocycles. The maximum Gasteiger partial charge on any atom is 0.313 e. The number of halogens is 1. The zero-order valence-corrected chi connectivity index (χ0v) is 15.0. The summed E-state index contributed by atoms with van der Waals surface area (Å²) in [6.45, 7) is 1.48. The van der Waals surface area contributed by atoms with Gasteiger partial charge in [-0.2, -0.15) is 0 Å². The predicted octanol–water partition coefficient (Wildman–Crippen LogP) is 2.41. The SMILES string of the molecule is Cc1ccc(NC(=O)C(=O)NC[C@@H](O)c2cn(C)c3ccccc23)cc1F. The molecule has 0 radical (unpaired) electrons. The van der Waals surface area contributed by atoms with Gasteiger partial charge in [-0.05, 0) is 30.7 Å². The lowest BCUT2D eigenvalue weighted by atomic mass is 10.1. The molecule has 3 aromatic rings. The fraction of sp³-hybridized carbons (Fsp3) is 0.200. The van der Waals surface area contributed by atoms with E-state index in [0.717, 1.165) is 17.0 Å². The molecule has 0 saturated carbocycles. The van der Waals surface area contributed by atoms with Crippen LogP contribution in [0.1, 0.15) is 17.2 Å². The van der Waals surface area contributed by atoms with Crippen molar-refractivity contribution in [2.75, 3.05) is 11.9 Å². The number of nitrogens with one attached hydrogen (secondary N) is 2. The van der Waals surface area contributed by atoms with Crippen LogP contribution in [0.15, 0.2) is 48.7 Å². The monoisotopic (exact) mass is 369 g/mol. The summed E-state index contributed by atoms with van der Waals surface area (Å²) in [5, 5.41) is 16.0. The highest BCUT2D eigenvalue weighted by atomic mass is 19.1. The molecule has 6 nitrogen and oxygen atoms in total. The number of aryl methyl sites for hydroxylation is 2. The topological polar surface area (TPSA) is 83.4 Å². The molecule has 0 bridgehead atoms. The lowest BCUT2D eigenvalue weighted by Gasteiger charge is -2.11. The number of carbonyl (C=O) groups is 2. The molecular formula is C20H20FN3O3. The number of para-hydroxylation sites is 1. The van der Waals surface area contributed by atoms with Gasteiger partial charge in [-0.25, -0.2) is 4.39 Å². The minimum atomic E-state index is -0.968. The average Bonchev–Trinajstić information content (AvgIpc) is 2.99. The molecule has 3 N–H and O–H groups in total. The van der Waals surface area contributed by atoms with Crippen LogP contribution in [0.3, 0.4) is 0 Å². The molecule has 27 heavy (non-hydrogen) atoms. The van der Waals surface area contributed by atoms with Crippen molar-refractivity contribution < 1.29 is 19.1 Å². The van der Waals surface area contributed by atoms with Crippen LogP contribution in [-0.2, 0) is 16.6 Å². The van der Waals surface area contributed by atoms with Crippen LogP contribution in [0, 0.1) is 12.7 Å². The Labute approximate surface area is 155 Å². The van der Waals surface area contributed by atoms with Crippen LogP contribution in [-0.4, -0.2) is 28.0 Å². The van der Waals surface area contributed by atoms with Gasteiger partial charge in [0.1, 0.15) is 5.82 Å². The van der Waals surface area contributed by atoms with Crippen molar-refractivity contribution in [3.8, 4) is 0 Å². The van der Waals surface area contributed by atoms with Crippen molar-refractivity contribution in [3.05, 3.63) is 65.6 Å². The van der Waals surface area contributed by atoms with Gasteiger partial charge in [0.25, 0.3) is 0 Å². The quantitative estimate of drug-likeness (QED) is 0.618. The van der Waals surface area contributed by atoms with Crippen LogP contribution in [0.4, 0.5) is 10.1 Å². The largest absolute Gasteiger partial charge is 0.386 e. The molecule has 1 atom stereocenters. The van der Waals surface area contributed by atoms with Crippen LogP contribution in [0.25, 0.3) is 10.9 Å². The number of hydrogen-bond donors (Lipinski definition) is 3. The van der Waals surface area contributed by atoms with Gasteiger partial charge in [-0.3, -0.25) is 9.59 Å². The Balaban J connectivity index is 1.62. The zero-order chi connectivity index (χ0) is 19.6. The summed E-state index contributed by atoms with van der Waals surface area (Å²) in [4.78, 5) is 23.9. The molecule has 0 aliphatic carbocycles. The number of fused-ring (bicyclic) bond motifs is 1. The number of rotatable bonds is 4. The molecule has 1 aromatic heterocycles. The summed E-state index contributed by atoms with van der Waals surface area (Å²) in [6, 6.07) is 11.7. The molecule has 2 amide bonds. The Kier molecular flexibility index (Phi) is 5.23. The van der Waals surface area contributed by atoms with Crippen LogP contribution < -0.4 is 10.6 Å². The van der Waals surface area contributed by atoms with Crippen molar-refractivity contribution in [2.24, 2.45) is 7.05 Å². The number of benzene rings is 2. The average molecular weight is 369 g/mol. The fourth-order valence-electron chi connectivity index (χ4n) is 2.88. The Morgan fingerprint density at radius 1 is 1.19 bits per heavy atom. The minimum absolute atomic E-state index is 0.123. The van der Waals surface area contributed by atoms with Crippen molar-refractivity contribution >= 4 is 28.4 Å². The first-order valence-corrected chi connectivity index (χ1v) is 8.44. The van der Waals surface area contributed by atoms with E-state index in [0.29, 0.717) is 11.1 Å². The number of aromatic nitrogens is 1. The maximum absolute atomic E-state index is 13.5. The Bertz CT molecular complexity index is 1010. The smallest absolute Gasteiger partial charge is 0.313 e. The van der Waals surface area contributed by atoms with Gasteiger partial charge in [-0.15, -0.1) is 0 Å². The molecule has 7 heteroatoms. The van der Waals surface area contributed by atoms with Crippen molar-refractivity contribution in [2.45, 2.75) is 13.0 Å². The Morgan fingerprint density at radius 3 is 2.67 bits per heavy atom. The fourth-order valence-corrected chi connectivity index (χ4v) is 2.88. The summed E-state index contributed by atoms with van der Waals surface area (Å²) in [5.74, 6) is -2.31. The second kappa shape index (κ2) is 7.59. The first-order chi connectivity index (χ1) is 12.9. The second-order valence-corrected chi connectivity index (χ2v) is 6.36. The van der Waals surface area contributed by atoms with E-state index in [9.17, 15) is 19.1 Å². The number of aliphatic hydroxyl groups excluding tert-OH is 1. The summed E-state index contributed by atoms with van der Waals surface area (Å²) in [7, 11) is 1.87. The highest BCUT2D eigenvalue weighted by molar-refractivity contribution is 6.39. The molecule has 0 spiro atoms. The number of anilines is 1. The van der Waals surface area contributed by atoms with Crippen molar-refractivity contribution in [3.63, 3.8) is 0 Å². The van der Waals surface area contributed by atoms with E-state index < -0.39 is 23.7 Å². The predicted molar refractivity (Wildman–Crippen MR) is 101 cm³/mol.